The average Bonchev–Trinajstić information content (AvgIpc) is 2.23. The predicted octanol–water partition coefficient (Wildman–Crippen LogP) is 3.13. The second-order valence-corrected chi connectivity index (χ2v) is 5.72. The van der Waals surface area contributed by atoms with E-state index in [1.165, 1.54) is 19.3 Å². The van der Waals surface area contributed by atoms with Gasteiger partial charge in [-0.2, -0.15) is 0 Å². The summed E-state index contributed by atoms with van der Waals surface area (Å²) in [7, 11) is 0. The molecule has 0 saturated heterocycles. The molecule has 112 valence electrons. The first kappa shape index (κ1) is 16.9. The summed E-state index contributed by atoms with van der Waals surface area (Å²) in [6, 6.07) is 0. The molecule has 0 spiro atoms. The maximum atomic E-state index is 13.2. The molecule has 6 heteroatoms. The first-order chi connectivity index (χ1) is 8.55. The highest BCUT2D eigenvalue weighted by Crippen LogP contribution is 2.36. The molecule has 2 aliphatic carbocycles. The minimum atomic E-state index is -2.49. The van der Waals surface area contributed by atoms with Gasteiger partial charge in [-0.1, -0.05) is 6.42 Å². The fourth-order valence-corrected chi connectivity index (χ4v) is 2.66. The number of nitrogens with zero attached hydrogens (tertiary/aromatic N) is 1. The van der Waals surface area contributed by atoms with Crippen LogP contribution in [0.3, 0.4) is 0 Å². The molecule has 2 rings (SSSR count). The van der Waals surface area contributed by atoms with Crippen LogP contribution in [-0.4, -0.2) is 25.0 Å². The van der Waals surface area contributed by atoms with Gasteiger partial charge in [-0.05, 0) is 37.5 Å². The third-order valence-corrected chi connectivity index (χ3v) is 4.06. The Hall–Kier alpha value is -0.140. The number of hydrogen-bond acceptors (Lipinski definition) is 1. The molecule has 1 unspecified atom stereocenters. The van der Waals surface area contributed by atoms with Crippen LogP contribution in [0.1, 0.15) is 44.9 Å². The average molecular weight is 387 g/mol. The smallest absolute Gasteiger partial charge is 0.248 e. The second kappa shape index (κ2) is 7.59. The molecule has 3 N–H and O–H groups in total. The van der Waals surface area contributed by atoms with Gasteiger partial charge in [0, 0.05) is 25.9 Å². The first-order valence-electron chi connectivity index (χ1n) is 6.97. The minimum absolute atomic E-state index is 0. The van der Waals surface area contributed by atoms with Crippen LogP contribution < -0.4 is 11.1 Å². The third-order valence-electron chi connectivity index (χ3n) is 4.06. The second-order valence-electron chi connectivity index (χ2n) is 5.72. The van der Waals surface area contributed by atoms with Gasteiger partial charge in [-0.3, -0.25) is 4.99 Å². The van der Waals surface area contributed by atoms with Crippen molar-refractivity contribution in [2.45, 2.75) is 50.9 Å². The van der Waals surface area contributed by atoms with Crippen molar-refractivity contribution in [3.63, 3.8) is 0 Å². The normalized spacial score (nSPS) is 27.3. The van der Waals surface area contributed by atoms with Gasteiger partial charge in [-0.25, -0.2) is 8.78 Å². The zero-order chi connectivity index (χ0) is 13.0. The van der Waals surface area contributed by atoms with E-state index in [2.05, 4.69) is 10.3 Å². The van der Waals surface area contributed by atoms with E-state index in [-0.39, 0.29) is 42.7 Å². The van der Waals surface area contributed by atoms with Crippen molar-refractivity contribution in [1.82, 2.24) is 5.32 Å². The van der Waals surface area contributed by atoms with E-state index in [0.717, 1.165) is 18.9 Å². The fourth-order valence-electron chi connectivity index (χ4n) is 2.66. The lowest BCUT2D eigenvalue weighted by molar-refractivity contribution is -0.0508. The molecule has 2 fully saturated rings. The van der Waals surface area contributed by atoms with Crippen molar-refractivity contribution in [3.05, 3.63) is 0 Å². The van der Waals surface area contributed by atoms with Crippen LogP contribution in [0.25, 0.3) is 0 Å². The lowest BCUT2D eigenvalue weighted by atomic mass is 9.85. The molecule has 0 aromatic heterocycles. The van der Waals surface area contributed by atoms with Crippen LogP contribution >= 0.6 is 24.0 Å². The molecule has 0 bridgehead atoms. The summed E-state index contributed by atoms with van der Waals surface area (Å²) in [4.78, 5) is 4.19. The van der Waals surface area contributed by atoms with Crippen LogP contribution in [0, 0.1) is 11.8 Å². The van der Waals surface area contributed by atoms with Crippen molar-refractivity contribution in [2.75, 3.05) is 13.1 Å². The van der Waals surface area contributed by atoms with E-state index >= 15 is 0 Å². The summed E-state index contributed by atoms with van der Waals surface area (Å²) in [5.41, 5.74) is 5.74. The lowest BCUT2D eigenvalue weighted by Crippen LogP contribution is -2.38. The van der Waals surface area contributed by atoms with Gasteiger partial charge in [0.25, 0.3) is 0 Å². The SMILES string of the molecule is I.NC(=NCC1CCCC(F)(F)C1)NCC1CCC1. The van der Waals surface area contributed by atoms with Gasteiger partial charge in [0.2, 0.25) is 5.92 Å². The highest BCUT2D eigenvalue weighted by atomic mass is 127. The van der Waals surface area contributed by atoms with Gasteiger partial charge in [0.05, 0.1) is 0 Å². The van der Waals surface area contributed by atoms with E-state index in [9.17, 15) is 8.78 Å². The zero-order valence-corrected chi connectivity index (χ0v) is 13.5. The standard InChI is InChI=1S/C13H23F2N3.HI/c14-13(15)6-2-5-11(7-13)9-18-12(16)17-8-10-3-1-4-10;/h10-11H,1-9H2,(H3,16,17,18);1H. The van der Waals surface area contributed by atoms with Gasteiger partial charge < -0.3 is 11.1 Å². The van der Waals surface area contributed by atoms with Crippen molar-refractivity contribution in [3.8, 4) is 0 Å². The molecular formula is C13H24F2IN3. The topological polar surface area (TPSA) is 50.4 Å². The summed E-state index contributed by atoms with van der Waals surface area (Å²) >= 11 is 0. The molecule has 3 nitrogen and oxygen atoms in total. The number of aliphatic imine (C=N–C) groups is 1. The molecule has 0 radical (unpaired) electrons. The quantitative estimate of drug-likeness (QED) is 0.443. The molecular weight excluding hydrogens is 363 g/mol. The predicted molar refractivity (Wildman–Crippen MR) is 84.2 cm³/mol. The third kappa shape index (κ3) is 5.79. The Morgan fingerprint density at radius 2 is 1.89 bits per heavy atom. The van der Waals surface area contributed by atoms with Crippen molar-refractivity contribution < 1.29 is 8.78 Å². The zero-order valence-electron chi connectivity index (χ0n) is 11.2. The van der Waals surface area contributed by atoms with Crippen LogP contribution in [-0.2, 0) is 0 Å². The van der Waals surface area contributed by atoms with Crippen molar-refractivity contribution in [2.24, 2.45) is 22.6 Å². The van der Waals surface area contributed by atoms with Gasteiger partial charge in [-0.15, -0.1) is 24.0 Å². The number of alkyl halides is 2. The van der Waals surface area contributed by atoms with Crippen molar-refractivity contribution >= 4 is 29.9 Å². The Morgan fingerprint density at radius 3 is 2.47 bits per heavy atom. The Balaban J connectivity index is 0.00000180. The highest BCUT2D eigenvalue weighted by Gasteiger charge is 2.35. The van der Waals surface area contributed by atoms with Gasteiger partial charge in [0.1, 0.15) is 0 Å². The van der Waals surface area contributed by atoms with Crippen LogP contribution in [0.15, 0.2) is 4.99 Å². The monoisotopic (exact) mass is 387 g/mol. The minimum Gasteiger partial charge on any atom is -0.370 e. The lowest BCUT2D eigenvalue weighted by Gasteiger charge is -2.28. The summed E-state index contributed by atoms with van der Waals surface area (Å²) in [6.45, 7) is 1.30. The maximum absolute atomic E-state index is 13.2. The molecule has 0 aromatic carbocycles. The molecule has 0 aromatic rings. The van der Waals surface area contributed by atoms with Crippen LogP contribution in [0.5, 0.6) is 0 Å². The number of guanidine groups is 1. The molecule has 0 aliphatic heterocycles. The molecule has 1 atom stereocenters. The Bertz CT molecular complexity index is 306. The summed E-state index contributed by atoms with van der Waals surface area (Å²) < 4.78 is 26.4. The van der Waals surface area contributed by atoms with E-state index in [1.807, 2.05) is 0 Å². The Kier molecular flexibility index (Phi) is 6.76. The van der Waals surface area contributed by atoms with E-state index in [1.54, 1.807) is 0 Å². The van der Waals surface area contributed by atoms with Crippen LogP contribution in [0.2, 0.25) is 0 Å². The fraction of sp³-hybridized carbons (Fsp3) is 0.923. The first-order valence-corrected chi connectivity index (χ1v) is 6.97. The molecule has 0 amide bonds. The van der Waals surface area contributed by atoms with Crippen molar-refractivity contribution in [1.29, 1.82) is 0 Å². The largest absolute Gasteiger partial charge is 0.370 e. The number of nitrogens with two attached hydrogens (primary N) is 1. The van der Waals surface area contributed by atoms with Gasteiger partial charge in [0.15, 0.2) is 5.96 Å². The van der Waals surface area contributed by atoms with E-state index in [0.29, 0.717) is 18.9 Å². The number of rotatable bonds is 4. The number of hydrogen-bond donors (Lipinski definition) is 2. The van der Waals surface area contributed by atoms with E-state index < -0.39 is 5.92 Å². The highest BCUT2D eigenvalue weighted by molar-refractivity contribution is 14.0. The Morgan fingerprint density at radius 1 is 1.21 bits per heavy atom. The Labute approximate surface area is 130 Å². The van der Waals surface area contributed by atoms with E-state index in [4.69, 9.17) is 5.73 Å². The number of nitrogens with one attached hydrogen (secondary N) is 1. The number of halogens is 3. The summed E-state index contributed by atoms with van der Waals surface area (Å²) in [5, 5.41) is 3.09. The molecule has 2 aliphatic rings. The molecule has 19 heavy (non-hydrogen) atoms. The molecule has 2 saturated carbocycles. The van der Waals surface area contributed by atoms with Crippen LogP contribution in [0.4, 0.5) is 8.78 Å². The summed E-state index contributed by atoms with van der Waals surface area (Å²) in [6.07, 6.45) is 5.26. The molecule has 0 heterocycles. The van der Waals surface area contributed by atoms with Gasteiger partial charge >= 0.3 is 0 Å². The summed E-state index contributed by atoms with van der Waals surface area (Å²) in [5.74, 6) is -1.38. The maximum Gasteiger partial charge on any atom is 0.248 e.